The lowest BCUT2D eigenvalue weighted by Crippen LogP contribution is -2.16. The number of benzene rings is 2. The van der Waals surface area contributed by atoms with Gasteiger partial charge in [0.2, 0.25) is 5.95 Å². The number of unbranched alkanes of at least 4 members (excludes halogenated alkanes) is 1. The van der Waals surface area contributed by atoms with Gasteiger partial charge in [-0.1, -0.05) is 29.8 Å². The van der Waals surface area contributed by atoms with Crippen molar-refractivity contribution in [2.75, 3.05) is 12.4 Å². The van der Waals surface area contributed by atoms with Gasteiger partial charge in [-0.15, -0.1) is 0 Å². The second kappa shape index (κ2) is 8.49. The quantitative estimate of drug-likeness (QED) is 0.508. The van der Waals surface area contributed by atoms with E-state index in [1.54, 1.807) is 6.07 Å². The number of aryl methyl sites for hydroxylation is 2. The number of para-hydroxylation sites is 2. The van der Waals surface area contributed by atoms with Gasteiger partial charge >= 0.3 is 5.97 Å². The van der Waals surface area contributed by atoms with Gasteiger partial charge in [0.25, 0.3) is 5.91 Å². The number of hydrogen-bond donors (Lipinski definition) is 1. The Balaban J connectivity index is 1.79. The molecule has 3 aromatic rings. The minimum absolute atomic E-state index is 0.190. The first-order chi connectivity index (χ1) is 13.1. The highest BCUT2D eigenvalue weighted by atomic mass is 16.5. The number of esters is 1. The SMILES string of the molecule is COC(=O)CCCCn1c(NC(=O)c2cccc(C)c2)nc2ccccc21. The average molecular weight is 365 g/mol. The van der Waals surface area contributed by atoms with Crippen LogP contribution in [0.2, 0.25) is 0 Å². The van der Waals surface area contributed by atoms with Crippen molar-refractivity contribution in [1.82, 2.24) is 9.55 Å². The van der Waals surface area contributed by atoms with Crippen LogP contribution >= 0.6 is 0 Å². The van der Waals surface area contributed by atoms with Crippen molar-refractivity contribution in [3.63, 3.8) is 0 Å². The fourth-order valence-corrected chi connectivity index (χ4v) is 3.00. The summed E-state index contributed by atoms with van der Waals surface area (Å²) in [6.07, 6.45) is 1.88. The summed E-state index contributed by atoms with van der Waals surface area (Å²) in [5.74, 6) is 0.115. The van der Waals surface area contributed by atoms with Gasteiger partial charge in [0, 0.05) is 18.5 Å². The number of nitrogens with zero attached hydrogens (tertiary/aromatic N) is 2. The lowest BCUT2D eigenvalue weighted by atomic mass is 10.1. The van der Waals surface area contributed by atoms with E-state index in [1.807, 2.05) is 54.0 Å². The van der Waals surface area contributed by atoms with Crippen molar-refractivity contribution in [2.45, 2.75) is 32.7 Å². The van der Waals surface area contributed by atoms with E-state index >= 15 is 0 Å². The van der Waals surface area contributed by atoms with Crippen molar-refractivity contribution >= 4 is 28.9 Å². The molecule has 2 aromatic carbocycles. The molecule has 6 nitrogen and oxygen atoms in total. The molecule has 27 heavy (non-hydrogen) atoms. The van der Waals surface area contributed by atoms with E-state index in [4.69, 9.17) is 0 Å². The Morgan fingerprint density at radius 1 is 1.11 bits per heavy atom. The molecule has 0 bridgehead atoms. The van der Waals surface area contributed by atoms with E-state index in [0.717, 1.165) is 23.0 Å². The smallest absolute Gasteiger partial charge is 0.305 e. The van der Waals surface area contributed by atoms with E-state index in [0.29, 0.717) is 30.9 Å². The molecule has 1 N–H and O–H groups in total. The van der Waals surface area contributed by atoms with Crippen molar-refractivity contribution in [3.8, 4) is 0 Å². The highest BCUT2D eigenvalue weighted by molar-refractivity contribution is 6.04. The summed E-state index contributed by atoms with van der Waals surface area (Å²) in [6, 6.07) is 15.2. The van der Waals surface area contributed by atoms with Gasteiger partial charge in [0.15, 0.2) is 0 Å². The Labute approximate surface area is 158 Å². The molecule has 0 radical (unpaired) electrons. The second-order valence-corrected chi connectivity index (χ2v) is 6.43. The van der Waals surface area contributed by atoms with Gasteiger partial charge in [-0.25, -0.2) is 4.98 Å². The molecule has 6 heteroatoms. The molecule has 0 unspecified atom stereocenters. The Morgan fingerprint density at radius 2 is 1.93 bits per heavy atom. The van der Waals surface area contributed by atoms with Crippen LogP contribution in [0.5, 0.6) is 0 Å². The Kier molecular flexibility index (Phi) is 5.86. The number of rotatable bonds is 7. The molecular formula is C21H23N3O3. The highest BCUT2D eigenvalue weighted by Crippen LogP contribution is 2.21. The molecule has 1 heterocycles. The molecule has 1 amide bonds. The number of methoxy groups -OCH3 is 1. The van der Waals surface area contributed by atoms with Crippen LogP contribution in [0.25, 0.3) is 11.0 Å². The molecule has 3 rings (SSSR count). The first kappa shape index (κ1) is 18.6. The summed E-state index contributed by atoms with van der Waals surface area (Å²) in [6.45, 7) is 2.61. The monoisotopic (exact) mass is 365 g/mol. The zero-order valence-electron chi connectivity index (χ0n) is 15.6. The lowest BCUT2D eigenvalue weighted by Gasteiger charge is -2.10. The molecule has 0 spiro atoms. The third kappa shape index (κ3) is 4.53. The number of carbonyl (C=O) groups excluding carboxylic acids is 2. The van der Waals surface area contributed by atoms with Gasteiger partial charge in [-0.05, 0) is 44.0 Å². The van der Waals surface area contributed by atoms with Gasteiger partial charge in [0.1, 0.15) is 0 Å². The zero-order valence-corrected chi connectivity index (χ0v) is 15.6. The molecule has 0 aliphatic rings. The Bertz CT molecular complexity index is 962. The minimum atomic E-state index is -0.210. The molecule has 0 saturated carbocycles. The molecule has 0 saturated heterocycles. The lowest BCUT2D eigenvalue weighted by molar-refractivity contribution is -0.140. The Morgan fingerprint density at radius 3 is 2.70 bits per heavy atom. The Hall–Kier alpha value is -3.15. The summed E-state index contributed by atoms with van der Waals surface area (Å²) in [7, 11) is 1.39. The summed E-state index contributed by atoms with van der Waals surface area (Å²) < 4.78 is 6.66. The second-order valence-electron chi connectivity index (χ2n) is 6.43. The van der Waals surface area contributed by atoms with Crippen LogP contribution in [-0.2, 0) is 16.1 Å². The van der Waals surface area contributed by atoms with Crippen molar-refractivity contribution in [1.29, 1.82) is 0 Å². The van der Waals surface area contributed by atoms with Crippen LogP contribution < -0.4 is 5.32 Å². The number of amides is 1. The molecule has 0 aliphatic heterocycles. The van der Waals surface area contributed by atoms with Gasteiger partial charge < -0.3 is 9.30 Å². The van der Waals surface area contributed by atoms with Crippen molar-refractivity contribution < 1.29 is 14.3 Å². The maximum Gasteiger partial charge on any atom is 0.305 e. The van der Waals surface area contributed by atoms with Gasteiger partial charge in [0.05, 0.1) is 18.1 Å². The summed E-state index contributed by atoms with van der Waals surface area (Å²) in [4.78, 5) is 28.5. The van der Waals surface area contributed by atoms with Gasteiger partial charge in [-0.2, -0.15) is 0 Å². The van der Waals surface area contributed by atoms with E-state index in [-0.39, 0.29) is 11.9 Å². The first-order valence-corrected chi connectivity index (χ1v) is 8.98. The summed E-state index contributed by atoms with van der Waals surface area (Å²) >= 11 is 0. The fraction of sp³-hybridized carbons (Fsp3) is 0.286. The third-order valence-corrected chi connectivity index (χ3v) is 4.40. The maximum atomic E-state index is 12.6. The van der Waals surface area contributed by atoms with E-state index < -0.39 is 0 Å². The highest BCUT2D eigenvalue weighted by Gasteiger charge is 2.14. The number of aromatic nitrogens is 2. The maximum absolute atomic E-state index is 12.6. The average Bonchev–Trinajstić information content (AvgIpc) is 3.02. The topological polar surface area (TPSA) is 73.2 Å². The van der Waals surface area contributed by atoms with Crippen LogP contribution in [0.1, 0.15) is 35.2 Å². The molecule has 1 aromatic heterocycles. The number of carbonyl (C=O) groups is 2. The fourth-order valence-electron chi connectivity index (χ4n) is 3.00. The molecule has 0 fully saturated rings. The first-order valence-electron chi connectivity index (χ1n) is 8.98. The summed E-state index contributed by atoms with van der Waals surface area (Å²) in [5.41, 5.74) is 3.40. The van der Waals surface area contributed by atoms with Crippen molar-refractivity contribution in [3.05, 3.63) is 59.7 Å². The number of ether oxygens (including phenoxy) is 1. The van der Waals surface area contributed by atoms with Crippen LogP contribution in [0.15, 0.2) is 48.5 Å². The predicted molar refractivity (Wildman–Crippen MR) is 105 cm³/mol. The summed E-state index contributed by atoms with van der Waals surface area (Å²) in [5, 5.41) is 2.93. The normalized spacial score (nSPS) is 10.7. The van der Waals surface area contributed by atoms with Crippen LogP contribution in [-0.4, -0.2) is 28.5 Å². The third-order valence-electron chi connectivity index (χ3n) is 4.40. The number of hydrogen-bond acceptors (Lipinski definition) is 4. The van der Waals surface area contributed by atoms with Gasteiger partial charge in [-0.3, -0.25) is 14.9 Å². The number of nitrogens with one attached hydrogen (secondary N) is 1. The number of fused-ring (bicyclic) bond motifs is 1. The predicted octanol–water partition coefficient (Wildman–Crippen LogP) is 3.94. The molecular weight excluding hydrogens is 342 g/mol. The van der Waals surface area contributed by atoms with E-state index in [1.165, 1.54) is 7.11 Å². The van der Waals surface area contributed by atoms with Crippen LogP contribution in [0.3, 0.4) is 0 Å². The van der Waals surface area contributed by atoms with Crippen LogP contribution in [0, 0.1) is 6.92 Å². The molecule has 0 aliphatic carbocycles. The minimum Gasteiger partial charge on any atom is -0.469 e. The molecule has 140 valence electrons. The largest absolute Gasteiger partial charge is 0.469 e. The number of imidazole rings is 1. The van der Waals surface area contributed by atoms with Crippen molar-refractivity contribution in [2.24, 2.45) is 0 Å². The van der Waals surface area contributed by atoms with E-state index in [9.17, 15) is 9.59 Å². The zero-order chi connectivity index (χ0) is 19.2. The number of anilines is 1. The van der Waals surface area contributed by atoms with Crippen LogP contribution in [0.4, 0.5) is 5.95 Å². The van der Waals surface area contributed by atoms with E-state index in [2.05, 4.69) is 15.0 Å². The molecule has 0 atom stereocenters. The standard InChI is InChI=1S/C21H23N3O3/c1-15-8-7-9-16(14-15)20(26)23-21-22-17-10-3-4-11-18(17)24(21)13-6-5-12-19(25)27-2/h3-4,7-11,14H,5-6,12-13H2,1-2H3,(H,22,23,26).